The van der Waals surface area contributed by atoms with Gasteiger partial charge in [-0.15, -0.1) is 0 Å². The zero-order chi connectivity index (χ0) is 12.0. The van der Waals surface area contributed by atoms with Crippen LogP contribution in [0.3, 0.4) is 0 Å². The van der Waals surface area contributed by atoms with Gasteiger partial charge in [0.1, 0.15) is 0 Å². The van der Waals surface area contributed by atoms with E-state index in [4.69, 9.17) is 0 Å². The first-order valence-electron chi connectivity index (χ1n) is 5.89. The Kier molecular flexibility index (Phi) is 6.57. The first-order valence-corrected chi connectivity index (χ1v) is 5.89. The summed E-state index contributed by atoms with van der Waals surface area (Å²) in [7, 11) is 1.89. The second kappa shape index (κ2) is 6.83. The predicted octanol–water partition coefficient (Wildman–Crippen LogP) is 1.88. The second-order valence-corrected chi connectivity index (χ2v) is 4.65. The molecule has 0 aliphatic rings. The number of rotatable bonds is 6. The molecule has 3 heteroatoms. The van der Waals surface area contributed by atoms with Crippen molar-refractivity contribution in [2.45, 2.75) is 53.1 Å². The van der Waals surface area contributed by atoms with E-state index in [-0.39, 0.29) is 11.9 Å². The quantitative estimate of drug-likeness (QED) is 0.732. The minimum Gasteiger partial charge on any atom is -0.343 e. The Bertz CT molecular complexity index is 192. The van der Waals surface area contributed by atoms with Crippen molar-refractivity contribution in [3.05, 3.63) is 0 Å². The van der Waals surface area contributed by atoms with E-state index in [0.717, 1.165) is 6.54 Å². The smallest absolute Gasteiger partial charge is 0.224 e. The van der Waals surface area contributed by atoms with E-state index in [0.29, 0.717) is 18.4 Å². The lowest BCUT2D eigenvalue weighted by Crippen LogP contribution is -2.41. The first-order chi connectivity index (χ1) is 6.90. The Morgan fingerprint density at radius 3 is 2.20 bits per heavy atom. The average Bonchev–Trinajstić information content (AvgIpc) is 2.15. The van der Waals surface area contributed by atoms with Crippen molar-refractivity contribution in [2.24, 2.45) is 5.92 Å². The zero-order valence-electron chi connectivity index (χ0n) is 11.0. The molecule has 0 aromatic heterocycles. The third-order valence-electron chi connectivity index (χ3n) is 3.00. The monoisotopic (exact) mass is 214 g/mol. The maximum absolute atomic E-state index is 11.9. The van der Waals surface area contributed by atoms with Gasteiger partial charge in [0.15, 0.2) is 0 Å². The van der Waals surface area contributed by atoms with Gasteiger partial charge in [0.05, 0.1) is 0 Å². The topological polar surface area (TPSA) is 32.3 Å². The van der Waals surface area contributed by atoms with Crippen LogP contribution in [0.5, 0.6) is 0 Å². The molecule has 0 bridgehead atoms. The van der Waals surface area contributed by atoms with Crippen LogP contribution in [0.2, 0.25) is 0 Å². The van der Waals surface area contributed by atoms with Gasteiger partial charge in [0.25, 0.3) is 0 Å². The van der Waals surface area contributed by atoms with Gasteiger partial charge >= 0.3 is 0 Å². The summed E-state index contributed by atoms with van der Waals surface area (Å²) in [4.78, 5) is 13.7. The molecule has 3 nitrogen and oxygen atoms in total. The maximum atomic E-state index is 11.9. The van der Waals surface area contributed by atoms with Crippen LogP contribution in [0.1, 0.15) is 41.0 Å². The van der Waals surface area contributed by atoms with Crippen molar-refractivity contribution >= 4 is 5.91 Å². The lowest BCUT2D eigenvalue weighted by atomic mass is 10.0. The summed E-state index contributed by atoms with van der Waals surface area (Å²) in [6, 6.07) is 0.579. The molecule has 90 valence electrons. The molecule has 2 unspecified atom stereocenters. The fourth-order valence-corrected chi connectivity index (χ4v) is 1.50. The van der Waals surface area contributed by atoms with E-state index in [9.17, 15) is 4.79 Å². The van der Waals surface area contributed by atoms with E-state index >= 15 is 0 Å². The van der Waals surface area contributed by atoms with Crippen LogP contribution in [0.25, 0.3) is 0 Å². The molecule has 0 aliphatic heterocycles. The van der Waals surface area contributed by atoms with E-state index in [1.165, 1.54) is 0 Å². The van der Waals surface area contributed by atoms with Crippen LogP contribution < -0.4 is 5.32 Å². The van der Waals surface area contributed by atoms with E-state index in [1.54, 1.807) is 0 Å². The van der Waals surface area contributed by atoms with E-state index in [2.05, 4.69) is 39.9 Å². The number of nitrogens with one attached hydrogen (secondary N) is 1. The molecule has 0 saturated carbocycles. The number of nitrogens with zero attached hydrogens (tertiary/aromatic N) is 1. The number of hydrogen-bond donors (Lipinski definition) is 1. The van der Waals surface area contributed by atoms with Gasteiger partial charge in [-0.3, -0.25) is 4.79 Å². The van der Waals surface area contributed by atoms with Crippen molar-refractivity contribution in [3.8, 4) is 0 Å². The molecule has 0 spiro atoms. The standard InChI is InChI=1S/C12H26N2O/c1-7-13-10(4)8-12(15)14(6)11(5)9(2)3/h9-11,13H,7-8H2,1-6H3. The van der Waals surface area contributed by atoms with Crippen LogP contribution in [0.4, 0.5) is 0 Å². The van der Waals surface area contributed by atoms with Gasteiger partial charge < -0.3 is 10.2 Å². The highest BCUT2D eigenvalue weighted by Crippen LogP contribution is 2.09. The molecule has 0 aromatic rings. The van der Waals surface area contributed by atoms with Crippen molar-refractivity contribution in [1.29, 1.82) is 0 Å². The fourth-order valence-electron chi connectivity index (χ4n) is 1.50. The molecule has 0 radical (unpaired) electrons. The van der Waals surface area contributed by atoms with Crippen molar-refractivity contribution in [1.82, 2.24) is 10.2 Å². The normalized spacial score (nSPS) is 15.1. The van der Waals surface area contributed by atoms with Crippen LogP contribution in [0.15, 0.2) is 0 Å². The first kappa shape index (κ1) is 14.4. The van der Waals surface area contributed by atoms with E-state index < -0.39 is 0 Å². The summed E-state index contributed by atoms with van der Waals surface area (Å²) in [6.07, 6.45) is 0.585. The fraction of sp³-hybridized carbons (Fsp3) is 0.917. The molecule has 1 amide bonds. The molecule has 0 aliphatic carbocycles. The second-order valence-electron chi connectivity index (χ2n) is 4.65. The number of amides is 1. The molecule has 0 heterocycles. The molecular formula is C12H26N2O. The van der Waals surface area contributed by atoms with Gasteiger partial charge in [0.2, 0.25) is 5.91 Å². The Labute approximate surface area is 94.2 Å². The highest BCUT2D eigenvalue weighted by atomic mass is 16.2. The molecule has 15 heavy (non-hydrogen) atoms. The van der Waals surface area contributed by atoms with Gasteiger partial charge in [-0.25, -0.2) is 0 Å². The molecule has 0 aromatic carbocycles. The largest absolute Gasteiger partial charge is 0.343 e. The number of carbonyl (C=O) groups is 1. The minimum atomic E-state index is 0.227. The number of hydrogen-bond acceptors (Lipinski definition) is 2. The summed E-state index contributed by atoms with van der Waals surface area (Å²) in [5.74, 6) is 0.734. The third-order valence-corrected chi connectivity index (χ3v) is 3.00. The Hall–Kier alpha value is -0.570. The van der Waals surface area contributed by atoms with Crippen LogP contribution >= 0.6 is 0 Å². The van der Waals surface area contributed by atoms with Crippen LogP contribution in [0, 0.1) is 5.92 Å². The summed E-state index contributed by atoms with van der Waals surface area (Å²) in [6.45, 7) is 11.4. The zero-order valence-corrected chi connectivity index (χ0v) is 11.0. The molecule has 0 saturated heterocycles. The Morgan fingerprint density at radius 1 is 1.27 bits per heavy atom. The Morgan fingerprint density at radius 2 is 1.80 bits per heavy atom. The summed E-state index contributed by atoms with van der Waals surface area (Å²) >= 11 is 0. The SMILES string of the molecule is CCNC(C)CC(=O)N(C)C(C)C(C)C. The summed E-state index contributed by atoms with van der Waals surface area (Å²) in [5, 5.41) is 3.25. The number of carbonyl (C=O) groups excluding carboxylic acids is 1. The maximum Gasteiger partial charge on any atom is 0.224 e. The molecule has 0 rings (SSSR count). The summed E-state index contributed by atoms with van der Waals surface area (Å²) < 4.78 is 0. The average molecular weight is 214 g/mol. The Balaban J connectivity index is 4.09. The molecule has 0 fully saturated rings. The minimum absolute atomic E-state index is 0.227. The predicted molar refractivity (Wildman–Crippen MR) is 64.8 cm³/mol. The highest BCUT2D eigenvalue weighted by molar-refractivity contribution is 5.76. The van der Waals surface area contributed by atoms with E-state index in [1.807, 2.05) is 11.9 Å². The molecule has 1 N–H and O–H groups in total. The molecular weight excluding hydrogens is 188 g/mol. The van der Waals surface area contributed by atoms with Gasteiger partial charge in [-0.2, -0.15) is 0 Å². The summed E-state index contributed by atoms with van der Waals surface area (Å²) in [5.41, 5.74) is 0. The lowest BCUT2D eigenvalue weighted by molar-refractivity contribution is -0.132. The lowest BCUT2D eigenvalue weighted by Gasteiger charge is -2.29. The van der Waals surface area contributed by atoms with Gasteiger partial charge in [-0.1, -0.05) is 20.8 Å². The van der Waals surface area contributed by atoms with Crippen LogP contribution in [-0.2, 0) is 4.79 Å². The highest BCUT2D eigenvalue weighted by Gasteiger charge is 2.19. The molecule has 2 atom stereocenters. The van der Waals surface area contributed by atoms with Gasteiger partial charge in [0, 0.05) is 25.6 Å². The van der Waals surface area contributed by atoms with Crippen molar-refractivity contribution < 1.29 is 4.79 Å². The van der Waals surface area contributed by atoms with Crippen molar-refractivity contribution in [3.63, 3.8) is 0 Å². The van der Waals surface area contributed by atoms with Crippen LogP contribution in [-0.4, -0.2) is 36.5 Å². The third kappa shape index (κ3) is 5.17. The van der Waals surface area contributed by atoms with Gasteiger partial charge in [-0.05, 0) is 26.3 Å². The van der Waals surface area contributed by atoms with Crippen molar-refractivity contribution in [2.75, 3.05) is 13.6 Å².